The first kappa shape index (κ1) is 22.1. The predicted octanol–water partition coefficient (Wildman–Crippen LogP) is 4.04. The molecule has 152 valence electrons. The summed E-state index contributed by atoms with van der Waals surface area (Å²) in [6, 6.07) is 5.33. The van der Waals surface area contributed by atoms with Gasteiger partial charge in [-0.25, -0.2) is 10.8 Å². The van der Waals surface area contributed by atoms with Crippen LogP contribution in [0.5, 0.6) is 0 Å². The summed E-state index contributed by atoms with van der Waals surface area (Å²) in [6.45, 7) is 4.90. The van der Waals surface area contributed by atoms with Crippen LogP contribution in [0.1, 0.15) is 37.4 Å². The highest BCUT2D eigenvalue weighted by Gasteiger charge is 2.20. The Morgan fingerprint density at radius 2 is 2.11 bits per heavy atom. The van der Waals surface area contributed by atoms with Crippen LogP contribution in [0.25, 0.3) is 0 Å². The average Bonchev–Trinajstić information content (AvgIpc) is 2.65. The van der Waals surface area contributed by atoms with Crippen LogP contribution in [-0.2, 0) is 11.3 Å². The topological polar surface area (TPSA) is 96.3 Å². The van der Waals surface area contributed by atoms with Crippen LogP contribution in [0.2, 0.25) is 10.0 Å². The number of nitrogens with one attached hydrogen (secondary N) is 2. The van der Waals surface area contributed by atoms with Gasteiger partial charge in [-0.15, -0.1) is 0 Å². The summed E-state index contributed by atoms with van der Waals surface area (Å²) in [5, 5.41) is 5.35. The zero-order valence-corrected chi connectivity index (χ0v) is 17.6. The number of ether oxygens (including phenoxy) is 1. The number of nitrogens with zero attached hydrogens (tertiary/aromatic N) is 2. The minimum Gasteiger partial charge on any atom is -0.502 e. The second-order valence-corrected chi connectivity index (χ2v) is 6.97. The summed E-state index contributed by atoms with van der Waals surface area (Å²) in [4.78, 5) is 19.9. The fourth-order valence-electron chi connectivity index (χ4n) is 2.67. The minimum atomic E-state index is -0.324. The molecule has 0 bridgehead atoms. The van der Waals surface area contributed by atoms with Crippen molar-refractivity contribution in [1.29, 1.82) is 0 Å². The molecular weight excluding hydrogens is 401 g/mol. The summed E-state index contributed by atoms with van der Waals surface area (Å²) >= 11 is 12.0. The van der Waals surface area contributed by atoms with Gasteiger partial charge in [0.1, 0.15) is 5.69 Å². The largest absolute Gasteiger partial charge is 0.502 e. The van der Waals surface area contributed by atoms with Gasteiger partial charge in [0.15, 0.2) is 0 Å². The molecule has 7 nitrogen and oxygen atoms in total. The Balaban J connectivity index is 2.34. The predicted molar refractivity (Wildman–Crippen MR) is 115 cm³/mol. The number of aromatic nitrogens is 2. The molecule has 0 aliphatic heterocycles. The molecule has 28 heavy (non-hydrogen) atoms. The number of anilines is 2. The van der Waals surface area contributed by atoms with Crippen molar-refractivity contribution < 1.29 is 4.74 Å². The first-order valence-corrected chi connectivity index (χ1v) is 9.71. The Morgan fingerprint density at radius 1 is 1.36 bits per heavy atom. The van der Waals surface area contributed by atoms with Gasteiger partial charge in [0, 0.05) is 19.5 Å². The maximum atomic E-state index is 12.6. The molecule has 0 aliphatic carbocycles. The number of aromatic amines is 1. The highest BCUT2D eigenvalue weighted by molar-refractivity contribution is 6.42. The van der Waals surface area contributed by atoms with Crippen molar-refractivity contribution >= 4 is 34.8 Å². The third kappa shape index (κ3) is 5.64. The van der Waals surface area contributed by atoms with E-state index in [1.54, 1.807) is 25.4 Å². The van der Waals surface area contributed by atoms with Gasteiger partial charge in [-0.2, -0.15) is 0 Å². The van der Waals surface area contributed by atoms with E-state index < -0.39 is 0 Å². The normalized spacial score (nSPS) is 12.2. The average molecular weight is 426 g/mol. The molecule has 0 fully saturated rings. The van der Waals surface area contributed by atoms with Crippen molar-refractivity contribution in [2.45, 2.75) is 32.7 Å². The van der Waals surface area contributed by atoms with Crippen molar-refractivity contribution in [2.24, 2.45) is 5.84 Å². The first-order valence-electron chi connectivity index (χ1n) is 8.96. The SMILES string of the molecule is CCO/C=C/C(CC)c1nc(NCc2ccc(Cl)c(Cl)c2)[nH]c(=O)c1N(C)N. The number of allylic oxidation sites excluding steroid dienone is 1. The molecule has 1 heterocycles. The highest BCUT2D eigenvalue weighted by atomic mass is 35.5. The Bertz CT molecular complexity index is 883. The number of halogens is 2. The van der Waals surface area contributed by atoms with E-state index in [-0.39, 0.29) is 11.5 Å². The lowest BCUT2D eigenvalue weighted by atomic mass is 10.0. The lowest BCUT2D eigenvalue weighted by Gasteiger charge is -2.20. The van der Waals surface area contributed by atoms with Gasteiger partial charge in [-0.05, 0) is 37.1 Å². The van der Waals surface area contributed by atoms with Crippen LogP contribution in [0, 0.1) is 0 Å². The molecule has 1 unspecified atom stereocenters. The van der Waals surface area contributed by atoms with E-state index in [0.29, 0.717) is 40.5 Å². The lowest BCUT2D eigenvalue weighted by Crippen LogP contribution is -2.34. The van der Waals surface area contributed by atoms with Gasteiger partial charge in [0.25, 0.3) is 5.56 Å². The van der Waals surface area contributed by atoms with Crippen LogP contribution >= 0.6 is 23.2 Å². The number of hydrogen-bond donors (Lipinski definition) is 3. The van der Waals surface area contributed by atoms with E-state index in [1.165, 1.54) is 5.01 Å². The van der Waals surface area contributed by atoms with Crippen LogP contribution in [0.15, 0.2) is 35.3 Å². The lowest BCUT2D eigenvalue weighted by molar-refractivity contribution is 0.267. The molecule has 0 saturated heterocycles. The van der Waals surface area contributed by atoms with Crippen LogP contribution in [0.4, 0.5) is 11.6 Å². The van der Waals surface area contributed by atoms with Gasteiger partial charge < -0.3 is 15.1 Å². The zero-order valence-electron chi connectivity index (χ0n) is 16.1. The number of nitrogens with two attached hydrogens (primary N) is 1. The fourth-order valence-corrected chi connectivity index (χ4v) is 2.99. The van der Waals surface area contributed by atoms with Crippen LogP contribution in [-0.4, -0.2) is 23.6 Å². The molecule has 0 radical (unpaired) electrons. The fraction of sp³-hybridized carbons (Fsp3) is 0.368. The molecule has 2 rings (SSSR count). The van der Waals surface area contributed by atoms with E-state index in [9.17, 15) is 4.79 Å². The third-order valence-corrected chi connectivity index (χ3v) is 4.82. The smallest absolute Gasteiger partial charge is 0.277 e. The maximum Gasteiger partial charge on any atom is 0.277 e. The highest BCUT2D eigenvalue weighted by Crippen LogP contribution is 2.26. The van der Waals surface area contributed by atoms with Gasteiger partial charge in [-0.3, -0.25) is 9.78 Å². The molecule has 0 amide bonds. The summed E-state index contributed by atoms with van der Waals surface area (Å²) in [5.74, 6) is 6.10. The van der Waals surface area contributed by atoms with Gasteiger partial charge >= 0.3 is 0 Å². The summed E-state index contributed by atoms with van der Waals surface area (Å²) in [6.07, 6.45) is 4.23. The maximum absolute atomic E-state index is 12.6. The molecule has 1 aromatic carbocycles. The van der Waals surface area contributed by atoms with E-state index in [0.717, 1.165) is 12.0 Å². The quantitative estimate of drug-likeness (QED) is 0.318. The first-order chi connectivity index (χ1) is 13.4. The van der Waals surface area contributed by atoms with Gasteiger partial charge in [0.2, 0.25) is 5.95 Å². The molecule has 1 aromatic heterocycles. The van der Waals surface area contributed by atoms with Crippen LogP contribution < -0.4 is 21.7 Å². The van der Waals surface area contributed by atoms with Crippen molar-refractivity contribution in [2.75, 3.05) is 24.0 Å². The molecule has 1 atom stereocenters. The Hall–Kier alpha value is -2.22. The van der Waals surface area contributed by atoms with Crippen molar-refractivity contribution in [1.82, 2.24) is 9.97 Å². The summed E-state index contributed by atoms with van der Waals surface area (Å²) in [5.41, 5.74) is 1.47. The Morgan fingerprint density at radius 3 is 2.71 bits per heavy atom. The van der Waals surface area contributed by atoms with Gasteiger partial charge in [-0.1, -0.05) is 36.2 Å². The Labute approximate surface area is 174 Å². The molecule has 0 spiro atoms. The summed E-state index contributed by atoms with van der Waals surface area (Å²) in [7, 11) is 1.61. The second-order valence-electron chi connectivity index (χ2n) is 6.16. The number of hydrogen-bond acceptors (Lipinski definition) is 6. The molecule has 4 N–H and O–H groups in total. The summed E-state index contributed by atoms with van der Waals surface area (Å²) < 4.78 is 5.30. The van der Waals surface area contributed by atoms with E-state index in [1.807, 2.05) is 26.0 Å². The minimum absolute atomic E-state index is 0.125. The number of H-pyrrole nitrogens is 1. The third-order valence-electron chi connectivity index (χ3n) is 4.08. The van der Waals surface area contributed by atoms with Crippen molar-refractivity contribution in [3.05, 3.63) is 62.2 Å². The standard InChI is InChI=1S/C19H25Cl2N5O2/c1-4-13(8-9-28-5-2)16-17(26(3)22)18(27)25-19(24-16)23-11-12-6-7-14(20)15(21)10-12/h6-10,13H,4-5,11,22H2,1-3H3,(H2,23,24,25,27)/b9-8+. The molecule has 0 saturated carbocycles. The van der Waals surface area contributed by atoms with Crippen molar-refractivity contribution in [3.8, 4) is 0 Å². The molecule has 9 heteroatoms. The number of benzene rings is 1. The monoisotopic (exact) mass is 425 g/mol. The Kier molecular flexibility index (Phi) is 8.17. The van der Waals surface area contributed by atoms with E-state index in [2.05, 4.69) is 15.3 Å². The molecular formula is C19H25Cl2N5O2. The molecule has 2 aromatic rings. The van der Waals surface area contributed by atoms with Crippen LogP contribution in [0.3, 0.4) is 0 Å². The second kappa shape index (κ2) is 10.4. The number of rotatable bonds is 9. The number of hydrazine groups is 1. The van der Waals surface area contributed by atoms with E-state index in [4.69, 9.17) is 33.8 Å². The molecule has 0 aliphatic rings. The van der Waals surface area contributed by atoms with Gasteiger partial charge in [0.05, 0.1) is 28.6 Å². The zero-order chi connectivity index (χ0) is 20.7. The van der Waals surface area contributed by atoms with E-state index >= 15 is 0 Å². The van der Waals surface area contributed by atoms with Crippen molar-refractivity contribution in [3.63, 3.8) is 0 Å².